The van der Waals surface area contributed by atoms with Crippen molar-refractivity contribution in [1.82, 2.24) is 0 Å². The normalized spacial score (nSPS) is 11.1. The van der Waals surface area contributed by atoms with Crippen molar-refractivity contribution in [1.29, 1.82) is 0 Å². The minimum absolute atomic E-state index is 1.16. The summed E-state index contributed by atoms with van der Waals surface area (Å²) in [5.74, 6) is 0. The van der Waals surface area contributed by atoms with Gasteiger partial charge in [0, 0.05) is 23.3 Å². The second-order valence-electron chi connectivity index (χ2n) is 16.0. The maximum Gasteiger partial charge on any atom is 0.176 e. The van der Waals surface area contributed by atoms with E-state index in [0.29, 0.717) is 0 Å². The van der Waals surface area contributed by atoms with E-state index in [1.54, 1.807) is 0 Å². The third kappa shape index (κ3) is 7.55. The molecule has 2 aromatic heterocycles. The lowest BCUT2D eigenvalue weighted by molar-refractivity contribution is -0.671. The molecule has 2 heterocycles. The lowest BCUT2D eigenvalue weighted by atomic mass is 9.74. The van der Waals surface area contributed by atoms with Crippen molar-refractivity contribution >= 4 is 0 Å². The van der Waals surface area contributed by atoms with Gasteiger partial charge in [-0.2, -0.15) is 0 Å². The van der Waals surface area contributed by atoms with E-state index in [2.05, 4.69) is 266 Å². The number of hydrogen-bond donors (Lipinski definition) is 0. The summed E-state index contributed by atoms with van der Waals surface area (Å²) in [5, 5.41) is 0. The standard InChI is InChI=1S/C60H46N2/c1-61-39-15-25-53(41-61)45-29-35-51(36-30-45)59-55(47-19-9-4-10-20-47)58(50-33-27-44(28-34-50)43-17-7-3-8-18-43)56(48-21-11-5-12-22-48)60(57(59)49-23-13-6-14-24-49)52-37-31-46(32-38-52)54-26-16-40-62(2)42-54/h3-42H,1-2H3/q+2. The maximum atomic E-state index is 2.32. The van der Waals surface area contributed by atoms with E-state index < -0.39 is 0 Å². The van der Waals surface area contributed by atoms with E-state index in [-0.39, 0.29) is 0 Å². The summed E-state index contributed by atoms with van der Waals surface area (Å²) >= 11 is 0. The quantitative estimate of drug-likeness (QED) is 0.129. The molecular weight excluding hydrogens is 749 g/mol. The highest BCUT2D eigenvalue weighted by Gasteiger charge is 2.29. The molecule has 0 aliphatic rings. The zero-order chi connectivity index (χ0) is 41.8. The molecule has 0 aliphatic carbocycles. The number of benzene rings is 8. The van der Waals surface area contributed by atoms with Gasteiger partial charge in [0.15, 0.2) is 24.8 Å². The first kappa shape index (κ1) is 38.3. The topological polar surface area (TPSA) is 7.76 Å². The highest BCUT2D eigenvalue weighted by molar-refractivity contribution is 6.15. The third-order valence-electron chi connectivity index (χ3n) is 11.9. The molecular formula is C60H46N2+2. The average Bonchev–Trinajstić information content (AvgIpc) is 3.34. The fraction of sp³-hybridized carbons (Fsp3) is 0.0333. The number of aryl methyl sites for hydroxylation is 2. The fourth-order valence-corrected chi connectivity index (χ4v) is 8.93. The minimum atomic E-state index is 1.16. The van der Waals surface area contributed by atoms with Crippen molar-refractivity contribution in [2.75, 3.05) is 0 Å². The van der Waals surface area contributed by atoms with E-state index in [9.17, 15) is 0 Å². The Balaban J connectivity index is 1.36. The number of aromatic nitrogens is 2. The van der Waals surface area contributed by atoms with Crippen LogP contribution in [0.3, 0.4) is 0 Å². The molecule has 0 bridgehead atoms. The molecule has 0 saturated heterocycles. The van der Waals surface area contributed by atoms with Gasteiger partial charge in [-0.05, 0) is 101 Å². The molecule has 10 rings (SSSR count). The van der Waals surface area contributed by atoms with Crippen LogP contribution in [0.1, 0.15) is 0 Å². The molecule has 62 heavy (non-hydrogen) atoms. The first-order chi connectivity index (χ1) is 30.6. The number of rotatable bonds is 9. The molecule has 10 aromatic rings. The second kappa shape index (κ2) is 17.0. The Labute approximate surface area is 365 Å². The van der Waals surface area contributed by atoms with Crippen LogP contribution >= 0.6 is 0 Å². The molecule has 2 heteroatoms. The van der Waals surface area contributed by atoms with Gasteiger partial charge in [0.2, 0.25) is 0 Å². The molecule has 0 atom stereocenters. The van der Waals surface area contributed by atoms with Gasteiger partial charge in [0.1, 0.15) is 14.1 Å². The Morgan fingerprint density at radius 1 is 0.194 bits per heavy atom. The largest absolute Gasteiger partial charge is 0.207 e. The fourth-order valence-electron chi connectivity index (χ4n) is 8.93. The summed E-state index contributed by atoms with van der Waals surface area (Å²) in [6.07, 6.45) is 8.52. The lowest BCUT2D eigenvalue weighted by Gasteiger charge is -2.29. The van der Waals surface area contributed by atoms with Crippen LogP contribution in [0.5, 0.6) is 0 Å². The van der Waals surface area contributed by atoms with Crippen molar-refractivity contribution in [3.63, 3.8) is 0 Å². The van der Waals surface area contributed by atoms with Gasteiger partial charge >= 0.3 is 0 Å². The van der Waals surface area contributed by atoms with Gasteiger partial charge in [0.05, 0.1) is 0 Å². The van der Waals surface area contributed by atoms with Gasteiger partial charge in [0.25, 0.3) is 0 Å². The zero-order valence-corrected chi connectivity index (χ0v) is 35.0. The highest BCUT2D eigenvalue weighted by atomic mass is 14.9. The van der Waals surface area contributed by atoms with Crippen LogP contribution < -0.4 is 9.13 Å². The Bertz CT molecular complexity index is 2970. The first-order valence-electron chi connectivity index (χ1n) is 21.3. The van der Waals surface area contributed by atoms with Crippen molar-refractivity contribution in [3.8, 4) is 100 Å². The van der Waals surface area contributed by atoms with Gasteiger partial charge in [-0.15, -0.1) is 0 Å². The molecule has 8 aromatic carbocycles. The molecule has 0 saturated carbocycles. The van der Waals surface area contributed by atoms with Crippen LogP contribution in [0, 0.1) is 0 Å². The van der Waals surface area contributed by atoms with E-state index in [0.717, 1.165) is 33.4 Å². The minimum Gasteiger partial charge on any atom is -0.207 e. The molecule has 0 aliphatic heterocycles. The molecule has 294 valence electrons. The van der Waals surface area contributed by atoms with Gasteiger partial charge < -0.3 is 0 Å². The second-order valence-corrected chi connectivity index (χ2v) is 16.0. The predicted octanol–water partition coefficient (Wildman–Crippen LogP) is 14.3. The predicted molar refractivity (Wildman–Crippen MR) is 258 cm³/mol. The molecule has 0 unspecified atom stereocenters. The summed E-state index contributed by atoms with van der Waals surface area (Å²) in [6.45, 7) is 0. The molecule has 0 amide bonds. The Hall–Kier alpha value is -7.94. The third-order valence-corrected chi connectivity index (χ3v) is 11.9. The van der Waals surface area contributed by atoms with E-state index >= 15 is 0 Å². The van der Waals surface area contributed by atoms with Gasteiger partial charge in [-0.3, -0.25) is 0 Å². The zero-order valence-electron chi connectivity index (χ0n) is 35.0. The summed E-state index contributed by atoms with van der Waals surface area (Å²) in [5.41, 5.74) is 21.3. The maximum absolute atomic E-state index is 2.32. The summed E-state index contributed by atoms with van der Waals surface area (Å²) in [6, 6.07) is 79.9. The van der Waals surface area contributed by atoms with Crippen LogP contribution in [0.2, 0.25) is 0 Å². The average molecular weight is 795 g/mol. The Morgan fingerprint density at radius 2 is 0.387 bits per heavy atom. The number of nitrogens with zero attached hydrogens (tertiary/aromatic N) is 2. The van der Waals surface area contributed by atoms with Crippen molar-refractivity contribution < 1.29 is 9.13 Å². The van der Waals surface area contributed by atoms with E-state index in [1.807, 2.05) is 0 Å². The Kier molecular flexibility index (Phi) is 10.5. The van der Waals surface area contributed by atoms with Crippen molar-refractivity contribution in [2.45, 2.75) is 0 Å². The highest BCUT2D eigenvalue weighted by Crippen LogP contribution is 2.56. The van der Waals surface area contributed by atoms with E-state index in [4.69, 9.17) is 0 Å². The molecule has 0 spiro atoms. The van der Waals surface area contributed by atoms with E-state index in [1.165, 1.54) is 66.8 Å². The van der Waals surface area contributed by atoms with Crippen molar-refractivity contribution in [3.05, 3.63) is 243 Å². The summed E-state index contributed by atoms with van der Waals surface area (Å²) in [7, 11) is 4.15. The van der Waals surface area contributed by atoms with Crippen LogP contribution in [-0.2, 0) is 14.1 Å². The van der Waals surface area contributed by atoms with Crippen LogP contribution in [0.15, 0.2) is 243 Å². The molecule has 0 radical (unpaired) electrons. The monoisotopic (exact) mass is 794 g/mol. The summed E-state index contributed by atoms with van der Waals surface area (Å²) < 4.78 is 4.22. The Morgan fingerprint density at radius 3 is 0.661 bits per heavy atom. The number of pyridine rings is 2. The SMILES string of the molecule is C[n+]1cccc(-c2ccc(-c3c(-c4ccccc4)c(-c4ccc(-c5ccccc5)cc4)c(-c4ccccc4)c(-c4ccc(-c5ccc[n+](C)c5)cc4)c3-c3ccccc3)cc2)c1. The van der Waals surface area contributed by atoms with Gasteiger partial charge in [-0.1, -0.05) is 194 Å². The van der Waals surface area contributed by atoms with Crippen molar-refractivity contribution in [2.24, 2.45) is 14.1 Å². The van der Waals surface area contributed by atoms with Crippen LogP contribution in [-0.4, -0.2) is 0 Å². The molecule has 0 N–H and O–H groups in total. The molecule has 0 fully saturated rings. The van der Waals surface area contributed by atoms with Crippen LogP contribution in [0.25, 0.3) is 100 Å². The number of hydrogen-bond acceptors (Lipinski definition) is 0. The smallest absolute Gasteiger partial charge is 0.176 e. The van der Waals surface area contributed by atoms with Crippen LogP contribution in [0.4, 0.5) is 0 Å². The lowest BCUT2D eigenvalue weighted by Crippen LogP contribution is -2.26. The summed E-state index contributed by atoms with van der Waals surface area (Å²) in [4.78, 5) is 0. The molecule has 2 nitrogen and oxygen atoms in total. The van der Waals surface area contributed by atoms with Gasteiger partial charge in [-0.25, -0.2) is 9.13 Å². The first-order valence-corrected chi connectivity index (χ1v) is 21.3.